The number of fused-ring (bicyclic) bond motifs is 1. The number of nitrogens with one attached hydrogen (secondary N) is 1. The fourth-order valence-electron chi connectivity index (χ4n) is 2.49. The molecule has 0 spiro atoms. The van der Waals surface area contributed by atoms with Gasteiger partial charge in [-0.2, -0.15) is 0 Å². The highest BCUT2D eigenvalue weighted by molar-refractivity contribution is 6.31. The van der Waals surface area contributed by atoms with Gasteiger partial charge in [0.25, 0.3) is 5.56 Å². The van der Waals surface area contributed by atoms with Gasteiger partial charge in [0, 0.05) is 11.1 Å². The molecule has 0 fully saturated rings. The van der Waals surface area contributed by atoms with Crippen LogP contribution in [-0.4, -0.2) is 21.5 Å². The van der Waals surface area contributed by atoms with Gasteiger partial charge in [0.15, 0.2) is 0 Å². The highest BCUT2D eigenvalue weighted by Gasteiger charge is 2.11. The van der Waals surface area contributed by atoms with E-state index < -0.39 is 0 Å². The van der Waals surface area contributed by atoms with Gasteiger partial charge in [0.1, 0.15) is 6.54 Å². The Balaban J connectivity index is 2.05. The molecule has 2 rings (SSSR count). The average Bonchev–Trinajstić information content (AvgIpc) is 2.51. The van der Waals surface area contributed by atoms with Crippen LogP contribution in [0.1, 0.15) is 39.5 Å². The number of rotatable bonds is 7. The quantitative estimate of drug-likeness (QED) is 0.791. The summed E-state index contributed by atoms with van der Waals surface area (Å²) in [6.07, 6.45) is 5.75. The zero-order chi connectivity index (χ0) is 16.8. The normalized spacial score (nSPS) is 12.3. The van der Waals surface area contributed by atoms with Gasteiger partial charge in [0.05, 0.1) is 17.2 Å². The summed E-state index contributed by atoms with van der Waals surface area (Å²) in [6.45, 7) is 4.09. The molecule has 0 saturated carbocycles. The first-order valence-electron chi connectivity index (χ1n) is 7.95. The summed E-state index contributed by atoms with van der Waals surface area (Å²) in [5, 5.41) is 3.82. The molecule has 0 aliphatic heterocycles. The Morgan fingerprint density at radius 1 is 1.39 bits per heavy atom. The molecule has 124 valence electrons. The second-order valence-electron chi connectivity index (χ2n) is 5.80. The third kappa shape index (κ3) is 4.79. The van der Waals surface area contributed by atoms with Crippen LogP contribution in [0.5, 0.6) is 0 Å². The van der Waals surface area contributed by atoms with Crippen LogP contribution in [0.2, 0.25) is 5.02 Å². The summed E-state index contributed by atoms with van der Waals surface area (Å²) in [5.74, 6) is -0.181. The van der Waals surface area contributed by atoms with E-state index in [0.29, 0.717) is 15.9 Å². The smallest absolute Gasteiger partial charge is 0.261 e. The lowest BCUT2D eigenvalue weighted by atomic mass is 10.1. The van der Waals surface area contributed by atoms with E-state index in [9.17, 15) is 9.59 Å². The minimum atomic E-state index is -0.258. The molecule has 1 atom stereocenters. The summed E-state index contributed by atoms with van der Waals surface area (Å²) < 4.78 is 1.31. The fourth-order valence-corrected chi connectivity index (χ4v) is 2.66. The van der Waals surface area contributed by atoms with Crippen LogP contribution in [0.25, 0.3) is 10.9 Å². The van der Waals surface area contributed by atoms with Crippen LogP contribution in [-0.2, 0) is 11.3 Å². The van der Waals surface area contributed by atoms with Crippen LogP contribution >= 0.6 is 11.6 Å². The number of amides is 1. The van der Waals surface area contributed by atoms with E-state index in [0.717, 1.165) is 25.7 Å². The van der Waals surface area contributed by atoms with Gasteiger partial charge in [0.2, 0.25) is 5.91 Å². The molecular formula is C17H22ClN3O2. The fraction of sp³-hybridized carbons (Fsp3) is 0.471. The number of nitrogens with zero attached hydrogens (tertiary/aromatic N) is 2. The maximum atomic E-state index is 12.4. The van der Waals surface area contributed by atoms with E-state index in [-0.39, 0.29) is 24.1 Å². The van der Waals surface area contributed by atoms with Crippen molar-refractivity contribution in [2.24, 2.45) is 0 Å². The van der Waals surface area contributed by atoms with Crippen molar-refractivity contribution in [2.45, 2.75) is 52.1 Å². The molecule has 1 unspecified atom stereocenters. The number of hydrogen-bond acceptors (Lipinski definition) is 3. The second kappa shape index (κ2) is 8.11. The minimum absolute atomic E-state index is 0.0353. The number of carbonyl (C=O) groups excluding carboxylic acids is 1. The first kappa shape index (κ1) is 17.5. The maximum Gasteiger partial charge on any atom is 0.261 e. The van der Waals surface area contributed by atoms with E-state index in [4.69, 9.17) is 11.6 Å². The third-order valence-electron chi connectivity index (χ3n) is 3.75. The predicted molar refractivity (Wildman–Crippen MR) is 92.8 cm³/mol. The average molecular weight is 336 g/mol. The monoisotopic (exact) mass is 335 g/mol. The Labute approximate surface area is 140 Å². The number of aromatic nitrogens is 2. The molecule has 1 amide bonds. The third-order valence-corrected chi connectivity index (χ3v) is 3.98. The molecule has 0 radical (unpaired) electrons. The van der Waals surface area contributed by atoms with E-state index in [1.807, 2.05) is 6.92 Å². The Morgan fingerprint density at radius 3 is 2.91 bits per heavy atom. The van der Waals surface area contributed by atoms with Gasteiger partial charge >= 0.3 is 0 Å². The molecule has 5 nitrogen and oxygen atoms in total. The minimum Gasteiger partial charge on any atom is -0.352 e. The molecule has 0 aliphatic carbocycles. The number of hydrogen-bond donors (Lipinski definition) is 1. The van der Waals surface area contributed by atoms with Gasteiger partial charge in [-0.25, -0.2) is 4.98 Å². The van der Waals surface area contributed by atoms with Gasteiger partial charge in [-0.3, -0.25) is 14.2 Å². The van der Waals surface area contributed by atoms with Crippen molar-refractivity contribution < 1.29 is 4.79 Å². The van der Waals surface area contributed by atoms with E-state index in [1.54, 1.807) is 18.2 Å². The first-order valence-corrected chi connectivity index (χ1v) is 8.33. The zero-order valence-corrected chi connectivity index (χ0v) is 14.3. The van der Waals surface area contributed by atoms with Gasteiger partial charge in [-0.15, -0.1) is 0 Å². The molecule has 0 saturated heterocycles. The van der Waals surface area contributed by atoms with Crippen LogP contribution < -0.4 is 10.9 Å². The van der Waals surface area contributed by atoms with Crippen molar-refractivity contribution in [3.63, 3.8) is 0 Å². The van der Waals surface area contributed by atoms with E-state index in [2.05, 4.69) is 17.2 Å². The Bertz CT molecular complexity index is 742. The summed E-state index contributed by atoms with van der Waals surface area (Å²) >= 11 is 5.92. The summed E-state index contributed by atoms with van der Waals surface area (Å²) in [4.78, 5) is 28.7. The van der Waals surface area contributed by atoms with Gasteiger partial charge in [-0.05, 0) is 31.5 Å². The van der Waals surface area contributed by atoms with Crippen molar-refractivity contribution in [3.8, 4) is 0 Å². The van der Waals surface area contributed by atoms with Crippen LogP contribution in [0.4, 0.5) is 0 Å². The zero-order valence-electron chi connectivity index (χ0n) is 13.5. The number of carbonyl (C=O) groups is 1. The van der Waals surface area contributed by atoms with Crippen LogP contribution in [0.15, 0.2) is 29.3 Å². The first-order chi connectivity index (χ1) is 11.0. The molecular weight excluding hydrogens is 314 g/mol. The summed E-state index contributed by atoms with van der Waals surface area (Å²) in [5.41, 5.74) is 0.315. The van der Waals surface area contributed by atoms with Crippen molar-refractivity contribution in [2.75, 3.05) is 0 Å². The highest BCUT2D eigenvalue weighted by atomic mass is 35.5. The summed E-state index contributed by atoms with van der Waals surface area (Å²) in [7, 11) is 0. The molecule has 1 N–H and O–H groups in total. The molecule has 23 heavy (non-hydrogen) atoms. The molecule has 0 aliphatic rings. The van der Waals surface area contributed by atoms with E-state index in [1.165, 1.54) is 10.9 Å². The molecule has 1 heterocycles. The highest BCUT2D eigenvalue weighted by Crippen LogP contribution is 2.14. The van der Waals surface area contributed by atoms with Gasteiger partial charge < -0.3 is 5.32 Å². The number of benzene rings is 1. The lowest BCUT2D eigenvalue weighted by Crippen LogP contribution is -2.37. The Hall–Kier alpha value is -1.88. The van der Waals surface area contributed by atoms with Gasteiger partial charge in [-0.1, -0.05) is 37.8 Å². The Morgan fingerprint density at radius 2 is 2.17 bits per heavy atom. The lowest BCUT2D eigenvalue weighted by Gasteiger charge is -2.14. The summed E-state index contributed by atoms with van der Waals surface area (Å²) in [6, 6.07) is 5.06. The molecule has 0 bridgehead atoms. The number of unbranched alkanes of at least 4 members (excludes halogenated alkanes) is 2. The molecule has 1 aromatic carbocycles. The topological polar surface area (TPSA) is 64.0 Å². The van der Waals surface area contributed by atoms with Crippen LogP contribution in [0, 0.1) is 0 Å². The SMILES string of the molecule is CCCCCC(C)NC(=O)Cn1cnc2ccc(Cl)cc2c1=O. The van der Waals surface area contributed by atoms with Crippen LogP contribution in [0.3, 0.4) is 0 Å². The molecule has 6 heteroatoms. The van der Waals surface area contributed by atoms with Crippen molar-refractivity contribution in [3.05, 3.63) is 39.9 Å². The van der Waals surface area contributed by atoms with Crippen molar-refractivity contribution in [1.29, 1.82) is 0 Å². The molecule has 2 aromatic rings. The standard InChI is InChI=1S/C17H22ClN3O2/c1-3-4-5-6-12(2)20-16(22)10-21-11-19-15-8-7-13(18)9-14(15)17(21)23/h7-9,11-12H,3-6,10H2,1-2H3,(H,20,22). The largest absolute Gasteiger partial charge is 0.352 e. The van der Waals surface area contributed by atoms with Crippen molar-refractivity contribution in [1.82, 2.24) is 14.9 Å². The van der Waals surface area contributed by atoms with E-state index >= 15 is 0 Å². The molecule has 1 aromatic heterocycles. The predicted octanol–water partition coefficient (Wildman–Crippen LogP) is 3.13. The Kier molecular flexibility index (Phi) is 6.16. The van der Waals surface area contributed by atoms with Crippen molar-refractivity contribution >= 4 is 28.4 Å². The lowest BCUT2D eigenvalue weighted by molar-refractivity contribution is -0.122. The second-order valence-corrected chi connectivity index (χ2v) is 6.24. The number of halogens is 1. The maximum absolute atomic E-state index is 12.4.